The molecule has 6 heteroatoms. The molecule has 0 spiro atoms. The summed E-state index contributed by atoms with van der Waals surface area (Å²) in [7, 11) is 0. The van der Waals surface area contributed by atoms with Crippen molar-refractivity contribution in [2.45, 2.75) is 26.1 Å². The molecule has 6 nitrogen and oxygen atoms in total. The van der Waals surface area contributed by atoms with Gasteiger partial charge in [0.05, 0.1) is 18.3 Å². The number of aryl methyl sites for hydroxylation is 1. The number of furan rings is 1. The molecule has 0 saturated carbocycles. The second-order valence-electron chi connectivity index (χ2n) is 6.08. The molecule has 0 N–H and O–H groups in total. The fourth-order valence-corrected chi connectivity index (χ4v) is 3.11. The summed E-state index contributed by atoms with van der Waals surface area (Å²) in [5, 5.41) is 4.46. The minimum Gasteiger partial charge on any atom is -0.475 e. The molecule has 0 amide bonds. The van der Waals surface area contributed by atoms with Crippen LogP contribution in [-0.2, 0) is 13.1 Å². The van der Waals surface area contributed by atoms with Crippen LogP contribution in [0.1, 0.15) is 23.3 Å². The number of fused-ring (bicyclic) bond motifs is 1. The molecule has 0 radical (unpaired) electrons. The molecule has 3 aromatic heterocycles. The van der Waals surface area contributed by atoms with Crippen LogP contribution < -0.4 is 4.74 Å². The molecular weight excluding hydrogens is 304 g/mol. The maximum absolute atomic E-state index is 5.85. The van der Waals surface area contributed by atoms with Crippen molar-refractivity contribution in [1.82, 2.24) is 19.7 Å². The van der Waals surface area contributed by atoms with Crippen LogP contribution in [0, 0.1) is 6.92 Å². The van der Waals surface area contributed by atoms with Gasteiger partial charge in [-0.2, -0.15) is 5.10 Å². The lowest BCUT2D eigenvalue weighted by molar-refractivity contribution is 0.119. The van der Waals surface area contributed by atoms with Crippen molar-refractivity contribution < 1.29 is 9.15 Å². The summed E-state index contributed by atoms with van der Waals surface area (Å²) in [5.41, 5.74) is 1.19. The van der Waals surface area contributed by atoms with Gasteiger partial charge in [-0.25, -0.2) is 4.98 Å². The monoisotopic (exact) mass is 324 g/mol. The first-order valence-electron chi connectivity index (χ1n) is 8.12. The molecule has 0 bridgehead atoms. The Labute approximate surface area is 140 Å². The number of aromatic nitrogens is 3. The van der Waals surface area contributed by atoms with Crippen LogP contribution in [0.4, 0.5) is 0 Å². The number of ether oxygens (including phenoxy) is 1. The molecular formula is C18H20N4O2. The Morgan fingerprint density at radius 3 is 2.96 bits per heavy atom. The average molecular weight is 324 g/mol. The largest absolute Gasteiger partial charge is 0.475 e. The van der Waals surface area contributed by atoms with E-state index in [9.17, 15) is 0 Å². The van der Waals surface area contributed by atoms with Gasteiger partial charge in [0.1, 0.15) is 18.1 Å². The van der Waals surface area contributed by atoms with E-state index in [1.54, 1.807) is 6.20 Å². The number of hydrogen-bond acceptors (Lipinski definition) is 5. The van der Waals surface area contributed by atoms with Gasteiger partial charge in [0.15, 0.2) is 0 Å². The van der Waals surface area contributed by atoms with E-state index < -0.39 is 0 Å². The highest BCUT2D eigenvalue weighted by atomic mass is 16.5. The zero-order valence-corrected chi connectivity index (χ0v) is 13.6. The van der Waals surface area contributed by atoms with Gasteiger partial charge in [0, 0.05) is 31.5 Å². The van der Waals surface area contributed by atoms with Gasteiger partial charge in [-0.15, -0.1) is 0 Å². The lowest BCUT2D eigenvalue weighted by atomic mass is 10.2. The summed E-state index contributed by atoms with van der Waals surface area (Å²) < 4.78 is 13.6. The quantitative estimate of drug-likeness (QED) is 0.722. The Morgan fingerprint density at radius 2 is 2.17 bits per heavy atom. The fraction of sp³-hybridized carbons (Fsp3) is 0.333. The molecule has 4 rings (SSSR count). The summed E-state index contributed by atoms with van der Waals surface area (Å²) in [6, 6.07) is 11.9. The van der Waals surface area contributed by atoms with Crippen LogP contribution in [0.5, 0.6) is 5.88 Å². The van der Waals surface area contributed by atoms with Gasteiger partial charge in [-0.05, 0) is 31.2 Å². The summed E-state index contributed by atoms with van der Waals surface area (Å²) in [4.78, 5) is 6.58. The highest BCUT2D eigenvalue weighted by Crippen LogP contribution is 2.23. The van der Waals surface area contributed by atoms with Gasteiger partial charge >= 0.3 is 0 Å². The first-order chi connectivity index (χ1) is 11.8. The average Bonchev–Trinajstić information content (AvgIpc) is 3.22. The lowest BCUT2D eigenvalue weighted by Gasteiger charge is -2.33. The van der Waals surface area contributed by atoms with Crippen LogP contribution in [0.25, 0.3) is 0 Å². The number of hydrogen-bond donors (Lipinski definition) is 0. The number of rotatable bonds is 5. The molecule has 1 atom stereocenters. The first kappa shape index (κ1) is 15.0. The highest BCUT2D eigenvalue weighted by Gasteiger charge is 2.26. The van der Waals surface area contributed by atoms with E-state index in [-0.39, 0.29) is 6.04 Å². The van der Waals surface area contributed by atoms with Crippen LogP contribution in [0.3, 0.4) is 0 Å². The SMILES string of the molecule is Cc1ccc(CN2Cc3ccnn3[C@H](COc3ccccn3)C2)o1. The van der Waals surface area contributed by atoms with Crippen LogP contribution in [0.15, 0.2) is 53.2 Å². The van der Waals surface area contributed by atoms with E-state index in [2.05, 4.69) is 25.7 Å². The van der Waals surface area contributed by atoms with E-state index in [1.165, 1.54) is 5.69 Å². The van der Waals surface area contributed by atoms with Crippen molar-refractivity contribution >= 4 is 0 Å². The van der Waals surface area contributed by atoms with Gasteiger partial charge < -0.3 is 9.15 Å². The highest BCUT2D eigenvalue weighted by molar-refractivity contribution is 5.11. The maximum Gasteiger partial charge on any atom is 0.213 e. The second-order valence-corrected chi connectivity index (χ2v) is 6.08. The molecule has 3 aromatic rings. The van der Waals surface area contributed by atoms with Crippen LogP contribution in [0.2, 0.25) is 0 Å². The fourth-order valence-electron chi connectivity index (χ4n) is 3.11. The third kappa shape index (κ3) is 3.19. The van der Waals surface area contributed by atoms with Crippen molar-refractivity contribution in [1.29, 1.82) is 0 Å². The van der Waals surface area contributed by atoms with Crippen LogP contribution >= 0.6 is 0 Å². The normalized spacial score (nSPS) is 17.6. The summed E-state index contributed by atoms with van der Waals surface area (Å²) >= 11 is 0. The Morgan fingerprint density at radius 1 is 1.21 bits per heavy atom. The molecule has 0 unspecified atom stereocenters. The summed E-state index contributed by atoms with van der Waals surface area (Å²) in [6.07, 6.45) is 3.59. The van der Waals surface area contributed by atoms with Crippen LogP contribution in [-0.4, -0.2) is 32.8 Å². The zero-order chi connectivity index (χ0) is 16.4. The standard InChI is InChI=1S/C18H20N4O2/c1-14-5-6-17(24-14)12-21-10-15-7-9-20-22(15)16(11-21)13-23-18-4-2-3-8-19-18/h2-9,16H,10-13H2,1H3/t16-/m0/s1. The Bertz CT molecular complexity index is 796. The van der Waals surface area contributed by atoms with Gasteiger partial charge in [0.25, 0.3) is 0 Å². The van der Waals surface area contributed by atoms with Gasteiger partial charge in [-0.3, -0.25) is 9.58 Å². The minimum atomic E-state index is 0.154. The summed E-state index contributed by atoms with van der Waals surface area (Å²) in [5.74, 6) is 2.58. The summed E-state index contributed by atoms with van der Waals surface area (Å²) in [6.45, 7) is 5.03. The topological polar surface area (TPSA) is 56.3 Å². The number of nitrogens with zero attached hydrogens (tertiary/aromatic N) is 4. The Kier molecular flexibility index (Phi) is 4.04. The molecule has 4 heterocycles. The van der Waals surface area contributed by atoms with Crippen molar-refractivity contribution in [2.24, 2.45) is 0 Å². The van der Waals surface area contributed by atoms with Gasteiger partial charge in [0.2, 0.25) is 5.88 Å². The molecule has 1 aliphatic rings. The van der Waals surface area contributed by atoms with Gasteiger partial charge in [-0.1, -0.05) is 6.07 Å². The first-order valence-corrected chi connectivity index (χ1v) is 8.12. The van der Waals surface area contributed by atoms with Crippen molar-refractivity contribution in [3.8, 4) is 5.88 Å². The molecule has 24 heavy (non-hydrogen) atoms. The van der Waals surface area contributed by atoms with E-state index >= 15 is 0 Å². The smallest absolute Gasteiger partial charge is 0.213 e. The molecule has 0 aromatic carbocycles. The molecule has 0 saturated heterocycles. The predicted octanol–water partition coefficient (Wildman–Crippen LogP) is 2.82. The second kappa shape index (κ2) is 6.49. The van der Waals surface area contributed by atoms with Crippen molar-refractivity contribution in [3.63, 3.8) is 0 Å². The van der Waals surface area contributed by atoms with E-state index in [0.717, 1.165) is 31.2 Å². The zero-order valence-electron chi connectivity index (χ0n) is 13.6. The Hall–Kier alpha value is -2.60. The predicted molar refractivity (Wildman–Crippen MR) is 88.6 cm³/mol. The molecule has 0 fully saturated rings. The third-order valence-corrected chi connectivity index (χ3v) is 4.19. The van der Waals surface area contributed by atoms with E-state index in [0.29, 0.717) is 12.5 Å². The molecule has 1 aliphatic heterocycles. The Balaban J connectivity index is 1.46. The van der Waals surface area contributed by atoms with E-state index in [1.807, 2.05) is 43.5 Å². The van der Waals surface area contributed by atoms with E-state index in [4.69, 9.17) is 9.15 Å². The molecule has 124 valence electrons. The minimum absolute atomic E-state index is 0.154. The number of pyridine rings is 1. The van der Waals surface area contributed by atoms with Crippen molar-refractivity contribution in [3.05, 3.63) is 66.0 Å². The third-order valence-electron chi connectivity index (χ3n) is 4.19. The molecule has 0 aliphatic carbocycles. The van der Waals surface area contributed by atoms with Crippen molar-refractivity contribution in [2.75, 3.05) is 13.2 Å². The maximum atomic E-state index is 5.85. The lowest BCUT2D eigenvalue weighted by Crippen LogP contribution is -2.39.